The van der Waals surface area contributed by atoms with Crippen LogP contribution < -0.4 is 11.1 Å². The zero-order valence-electron chi connectivity index (χ0n) is 13.7. The fourth-order valence-electron chi connectivity index (χ4n) is 2.18. The average molecular weight is 358 g/mol. The van der Waals surface area contributed by atoms with Crippen molar-refractivity contribution in [3.63, 3.8) is 0 Å². The molecule has 26 heavy (non-hydrogen) atoms. The molecule has 0 bridgehead atoms. The van der Waals surface area contributed by atoms with Gasteiger partial charge in [0.25, 0.3) is 5.91 Å². The lowest BCUT2D eigenvalue weighted by molar-refractivity contribution is -0.159. The summed E-state index contributed by atoms with van der Waals surface area (Å²) in [4.78, 5) is 34.1. The molecule has 8 nitrogen and oxygen atoms in total. The summed E-state index contributed by atoms with van der Waals surface area (Å²) >= 11 is 0. The van der Waals surface area contributed by atoms with E-state index in [1.54, 1.807) is 54.6 Å². The van der Waals surface area contributed by atoms with E-state index in [1.807, 2.05) is 0 Å². The number of carboxylic acids is 2. The Labute approximate surface area is 149 Å². The molecule has 0 unspecified atom stereocenters. The molecule has 0 saturated carbocycles. The van der Waals surface area contributed by atoms with Gasteiger partial charge in [-0.25, -0.2) is 4.79 Å². The Morgan fingerprint density at radius 2 is 1.69 bits per heavy atom. The third-order valence-corrected chi connectivity index (χ3v) is 3.51. The van der Waals surface area contributed by atoms with Gasteiger partial charge in [-0.2, -0.15) is 0 Å². The maximum atomic E-state index is 12.1. The molecule has 0 saturated heterocycles. The number of rotatable bonds is 8. The highest BCUT2D eigenvalue weighted by Gasteiger charge is 2.31. The first-order chi connectivity index (χ1) is 12.4. The summed E-state index contributed by atoms with van der Waals surface area (Å²) in [5, 5.41) is 20.6. The van der Waals surface area contributed by atoms with Gasteiger partial charge >= 0.3 is 11.9 Å². The van der Waals surface area contributed by atoms with Crippen LogP contribution >= 0.6 is 0 Å². The first kappa shape index (κ1) is 19.1. The minimum atomic E-state index is -1.69. The minimum absolute atomic E-state index is 0.174. The van der Waals surface area contributed by atoms with E-state index in [1.165, 1.54) is 0 Å². The van der Waals surface area contributed by atoms with Gasteiger partial charge in [-0.15, -0.1) is 0 Å². The highest BCUT2D eigenvalue weighted by atomic mass is 16.5. The van der Waals surface area contributed by atoms with Crippen molar-refractivity contribution in [2.24, 2.45) is 5.73 Å². The van der Waals surface area contributed by atoms with Gasteiger partial charge in [0.1, 0.15) is 6.04 Å². The summed E-state index contributed by atoms with van der Waals surface area (Å²) in [6.07, 6.45) is -1.69. The molecule has 0 heterocycles. The minimum Gasteiger partial charge on any atom is -0.480 e. The monoisotopic (exact) mass is 358 g/mol. The molecule has 0 aliphatic heterocycles. The van der Waals surface area contributed by atoms with E-state index in [0.29, 0.717) is 16.8 Å². The fourth-order valence-corrected chi connectivity index (χ4v) is 2.18. The number of ether oxygens (including phenoxy) is 1. The standard InChI is InChI=1S/C18H18N2O6/c19-14(17(22)23)15(18(24)25)26-10-11-5-4-8-13(9-11)20-16(21)12-6-2-1-3-7-12/h1-9,14-15H,10,19H2,(H,20,21)(H,22,23)(H,24,25)/t14-,15-/m0/s1. The second kappa shape index (κ2) is 8.75. The predicted molar refractivity (Wildman–Crippen MR) is 92.7 cm³/mol. The van der Waals surface area contributed by atoms with Crippen molar-refractivity contribution < 1.29 is 29.3 Å². The number of amides is 1. The Morgan fingerprint density at radius 3 is 2.31 bits per heavy atom. The van der Waals surface area contributed by atoms with Crippen molar-refractivity contribution in [3.05, 3.63) is 65.7 Å². The van der Waals surface area contributed by atoms with Crippen LogP contribution in [-0.4, -0.2) is 40.2 Å². The molecule has 2 rings (SSSR count). The fraction of sp³-hybridized carbons (Fsp3) is 0.167. The molecule has 8 heteroatoms. The van der Waals surface area contributed by atoms with E-state index in [-0.39, 0.29) is 12.5 Å². The lowest BCUT2D eigenvalue weighted by Crippen LogP contribution is -2.47. The molecule has 0 aromatic heterocycles. The number of carboxylic acid groups (broad SMARTS) is 2. The summed E-state index contributed by atoms with van der Waals surface area (Å²) < 4.78 is 5.14. The van der Waals surface area contributed by atoms with Crippen molar-refractivity contribution in [3.8, 4) is 0 Å². The van der Waals surface area contributed by atoms with Crippen molar-refractivity contribution in [1.82, 2.24) is 0 Å². The summed E-state index contributed by atoms with van der Waals surface area (Å²) in [6, 6.07) is 13.5. The number of hydrogen-bond donors (Lipinski definition) is 4. The molecule has 1 amide bonds. The molecule has 0 radical (unpaired) electrons. The number of nitrogens with two attached hydrogens (primary N) is 1. The van der Waals surface area contributed by atoms with Gasteiger partial charge in [-0.1, -0.05) is 30.3 Å². The largest absolute Gasteiger partial charge is 0.480 e. The van der Waals surface area contributed by atoms with Gasteiger partial charge < -0.3 is 26.0 Å². The zero-order chi connectivity index (χ0) is 19.1. The second-order valence-electron chi connectivity index (χ2n) is 5.45. The molecule has 5 N–H and O–H groups in total. The zero-order valence-corrected chi connectivity index (χ0v) is 13.7. The van der Waals surface area contributed by atoms with E-state index in [9.17, 15) is 14.4 Å². The van der Waals surface area contributed by atoms with Gasteiger partial charge in [0.15, 0.2) is 6.10 Å². The average Bonchev–Trinajstić information content (AvgIpc) is 2.62. The van der Waals surface area contributed by atoms with E-state index >= 15 is 0 Å². The summed E-state index contributed by atoms with van der Waals surface area (Å²) in [5.74, 6) is -3.23. The number of carbonyl (C=O) groups is 3. The summed E-state index contributed by atoms with van der Waals surface area (Å²) in [6.45, 7) is -0.174. The molecule has 0 aliphatic rings. The van der Waals surface area contributed by atoms with Gasteiger partial charge in [0.2, 0.25) is 0 Å². The van der Waals surface area contributed by atoms with Crippen molar-refractivity contribution in [2.75, 3.05) is 5.32 Å². The Balaban J connectivity index is 2.03. The van der Waals surface area contributed by atoms with Gasteiger partial charge in [-0.05, 0) is 29.8 Å². The SMILES string of the molecule is N[C@H](C(=O)O)[C@H](OCc1cccc(NC(=O)c2ccccc2)c1)C(=O)O. The van der Waals surface area contributed by atoms with E-state index in [4.69, 9.17) is 20.7 Å². The summed E-state index contributed by atoms with van der Waals surface area (Å²) in [7, 11) is 0. The Kier molecular flexibility index (Phi) is 6.42. The van der Waals surface area contributed by atoms with Crippen LogP contribution in [0, 0.1) is 0 Å². The topological polar surface area (TPSA) is 139 Å². The van der Waals surface area contributed by atoms with E-state index < -0.39 is 24.1 Å². The first-order valence-electron chi connectivity index (χ1n) is 7.66. The molecule has 2 aromatic rings. The van der Waals surface area contributed by atoms with Crippen LogP contribution in [0.2, 0.25) is 0 Å². The lowest BCUT2D eigenvalue weighted by Gasteiger charge is -2.17. The summed E-state index contributed by atoms with van der Waals surface area (Å²) in [5.41, 5.74) is 6.87. The number of anilines is 1. The van der Waals surface area contributed by atoms with Gasteiger partial charge in [-0.3, -0.25) is 9.59 Å². The van der Waals surface area contributed by atoms with Gasteiger partial charge in [0, 0.05) is 11.3 Å². The van der Waals surface area contributed by atoms with E-state index in [2.05, 4.69) is 5.32 Å². The maximum absolute atomic E-state index is 12.1. The molecule has 2 aromatic carbocycles. The first-order valence-corrected chi connectivity index (χ1v) is 7.66. The van der Waals surface area contributed by atoms with Crippen LogP contribution in [-0.2, 0) is 20.9 Å². The van der Waals surface area contributed by atoms with Crippen molar-refractivity contribution >= 4 is 23.5 Å². The Hall–Kier alpha value is -3.23. The lowest BCUT2D eigenvalue weighted by atomic mass is 10.1. The molecule has 0 spiro atoms. The van der Waals surface area contributed by atoms with Crippen molar-refractivity contribution in [1.29, 1.82) is 0 Å². The third kappa shape index (κ3) is 5.13. The maximum Gasteiger partial charge on any atom is 0.335 e. The predicted octanol–water partition coefficient (Wildman–Crippen LogP) is 1.32. The number of hydrogen-bond acceptors (Lipinski definition) is 5. The van der Waals surface area contributed by atoms with Crippen LogP contribution in [0.4, 0.5) is 5.69 Å². The van der Waals surface area contributed by atoms with Crippen LogP contribution in [0.1, 0.15) is 15.9 Å². The van der Waals surface area contributed by atoms with Gasteiger partial charge in [0.05, 0.1) is 6.61 Å². The van der Waals surface area contributed by atoms with Crippen LogP contribution in [0.15, 0.2) is 54.6 Å². The van der Waals surface area contributed by atoms with Crippen molar-refractivity contribution in [2.45, 2.75) is 18.8 Å². The smallest absolute Gasteiger partial charge is 0.335 e. The number of aliphatic carboxylic acids is 2. The number of carbonyl (C=O) groups excluding carboxylic acids is 1. The normalized spacial score (nSPS) is 12.8. The molecular formula is C18H18N2O6. The molecular weight excluding hydrogens is 340 g/mol. The van der Waals surface area contributed by atoms with Crippen LogP contribution in [0.5, 0.6) is 0 Å². The molecule has 2 atom stereocenters. The Bertz CT molecular complexity index is 793. The molecule has 136 valence electrons. The second-order valence-corrected chi connectivity index (χ2v) is 5.45. The molecule has 0 aliphatic carbocycles. The quantitative estimate of drug-likeness (QED) is 0.558. The highest BCUT2D eigenvalue weighted by Crippen LogP contribution is 2.14. The Morgan fingerprint density at radius 1 is 1.00 bits per heavy atom. The van der Waals surface area contributed by atoms with E-state index in [0.717, 1.165) is 0 Å². The van der Waals surface area contributed by atoms with Crippen LogP contribution in [0.25, 0.3) is 0 Å². The van der Waals surface area contributed by atoms with Crippen LogP contribution in [0.3, 0.4) is 0 Å². The third-order valence-electron chi connectivity index (χ3n) is 3.51. The number of benzene rings is 2. The highest BCUT2D eigenvalue weighted by molar-refractivity contribution is 6.04. The molecule has 0 fully saturated rings. The number of nitrogens with one attached hydrogen (secondary N) is 1.